The van der Waals surface area contributed by atoms with E-state index >= 15 is 0 Å². The summed E-state index contributed by atoms with van der Waals surface area (Å²) < 4.78 is 0. The van der Waals surface area contributed by atoms with E-state index in [1.54, 1.807) is 0 Å². The molecule has 2 atom stereocenters. The maximum atomic E-state index is 9.58. The zero-order chi connectivity index (χ0) is 13.0. The van der Waals surface area contributed by atoms with E-state index in [2.05, 4.69) is 31.3 Å². The van der Waals surface area contributed by atoms with Gasteiger partial charge in [-0.25, -0.2) is 0 Å². The smallest absolute Gasteiger partial charge is 0.0626 e. The molecule has 0 heterocycles. The van der Waals surface area contributed by atoms with Crippen LogP contribution in [0.3, 0.4) is 0 Å². The zero-order valence-corrected chi connectivity index (χ0v) is 11.5. The second-order valence-electron chi connectivity index (χ2n) is 6.27. The highest BCUT2D eigenvalue weighted by Gasteiger charge is 2.29. The molecule has 1 unspecified atom stereocenters. The predicted octanol–water partition coefficient (Wildman–Crippen LogP) is 3.28. The molecule has 0 saturated heterocycles. The minimum absolute atomic E-state index is 0.0742. The van der Waals surface area contributed by atoms with Gasteiger partial charge in [0.15, 0.2) is 0 Å². The van der Waals surface area contributed by atoms with E-state index < -0.39 is 0 Å². The molecule has 1 aliphatic rings. The van der Waals surface area contributed by atoms with Crippen LogP contribution in [0.1, 0.15) is 51.1 Å². The molecule has 0 spiro atoms. The van der Waals surface area contributed by atoms with Gasteiger partial charge in [0, 0.05) is 6.04 Å². The fraction of sp³-hybridized carbons (Fsp3) is 0.625. The molecule has 1 saturated carbocycles. The molecule has 1 aromatic rings. The minimum Gasteiger partial charge on any atom is -0.394 e. The molecule has 0 aromatic heterocycles. The van der Waals surface area contributed by atoms with Crippen LogP contribution >= 0.6 is 0 Å². The van der Waals surface area contributed by atoms with Crippen LogP contribution in [0.2, 0.25) is 0 Å². The van der Waals surface area contributed by atoms with Crippen LogP contribution in [0.4, 0.5) is 0 Å². The number of benzene rings is 1. The summed E-state index contributed by atoms with van der Waals surface area (Å²) >= 11 is 0. The third kappa shape index (κ3) is 3.56. The van der Waals surface area contributed by atoms with Gasteiger partial charge in [-0.1, -0.05) is 50.6 Å². The average molecular weight is 247 g/mol. The summed E-state index contributed by atoms with van der Waals surface area (Å²) in [6.07, 6.45) is 5.04. The standard InChI is InChI=1S/C16H25NO/c1-16(2)10-6-9-14(11-16)17-15(12-18)13-7-4-3-5-8-13/h3-5,7-8,14-15,17-18H,6,9-12H2,1-2H3/t14?,15-/m1/s1. The Bertz CT molecular complexity index is 361. The first kappa shape index (κ1) is 13.6. The van der Waals surface area contributed by atoms with Crippen molar-refractivity contribution >= 4 is 0 Å². The van der Waals surface area contributed by atoms with Gasteiger partial charge in [-0.2, -0.15) is 0 Å². The third-order valence-electron chi connectivity index (χ3n) is 4.03. The van der Waals surface area contributed by atoms with Crippen LogP contribution in [-0.4, -0.2) is 17.8 Å². The van der Waals surface area contributed by atoms with Gasteiger partial charge in [-0.15, -0.1) is 0 Å². The van der Waals surface area contributed by atoms with Crippen molar-refractivity contribution in [2.45, 2.75) is 51.6 Å². The first-order chi connectivity index (χ1) is 8.61. The summed E-state index contributed by atoms with van der Waals surface area (Å²) in [5.74, 6) is 0. The van der Waals surface area contributed by atoms with Crippen LogP contribution in [0.25, 0.3) is 0 Å². The molecular formula is C16H25NO. The fourth-order valence-electron chi connectivity index (χ4n) is 3.06. The van der Waals surface area contributed by atoms with Crippen LogP contribution in [0, 0.1) is 5.41 Å². The molecule has 1 aliphatic carbocycles. The number of hydrogen-bond donors (Lipinski definition) is 2. The molecule has 100 valence electrons. The molecule has 0 aliphatic heterocycles. The van der Waals surface area contributed by atoms with Crippen molar-refractivity contribution in [2.24, 2.45) is 5.41 Å². The fourth-order valence-corrected chi connectivity index (χ4v) is 3.06. The van der Waals surface area contributed by atoms with Crippen molar-refractivity contribution in [3.8, 4) is 0 Å². The number of nitrogens with one attached hydrogen (secondary N) is 1. The summed E-state index contributed by atoms with van der Waals surface area (Å²) in [7, 11) is 0. The van der Waals surface area contributed by atoms with Gasteiger partial charge in [0.2, 0.25) is 0 Å². The molecule has 0 bridgehead atoms. The van der Waals surface area contributed by atoms with E-state index in [9.17, 15) is 5.11 Å². The summed E-state index contributed by atoms with van der Waals surface area (Å²) in [5.41, 5.74) is 1.62. The van der Waals surface area contributed by atoms with Gasteiger partial charge in [0.05, 0.1) is 12.6 Å². The number of aliphatic hydroxyl groups excluding tert-OH is 1. The monoisotopic (exact) mass is 247 g/mol. The van der Waals surface area contributed by atoms with E-state index in [-0.39, 0.29) is 12.6 Å². The van der Waals surface area contributed by atoms with Crippen molar-refractivity contribution < 1.29 is 5.11 Å². The van der Waals surface area contributed by atoms with E-state index in [0.29, 0.717) is 11.5 Å². The average Bonchev–Trinajstić information content (AvgIpc) is 2.36. The van der Waals surface area contributed by atoms with Crippen LogP contribution in [-0.2, 0) is 0 Å². The molecule has 2 N–H and O–H groups in total. The lowest BCUT2D eigenvalue weighted by atomic mass is 9.75. The second-order valence-corrected chi connectivity index (χ2v) is 6.27. The Morgan fingerprint density at radius 3 is 2.67 bits per heavy atom. The van der Waals surface area contributed by atoms with Gasteiger partial charge in [-0.3, -0.25) is 0 Å². The van der Waals surface area contributed by atoms with Gasteiger partial charge >= 0.3 is 0 Å². The second kappa shape index (κ2) is 5.85. The normalized spacial score (nSPS) is 24.7. The molecule has 1 aromatic carbocycles. The van der Waals surface area contributed by atoms with E-state index in [4.69, 9.17) is 0 Å². The van der Waals surface area contributed by atoms with Crippen molar-refractivity contribution in [1.82, 2.24) is 5.32 Å². The molecule has 2 rings (SSSR count). The first-order valence-corrected chi connectivity index (χ1v) is 7.02. The maximum Gasteiger partial charge on any atom is 0.0626 e. The number of rotatable bonds is 4. The number of aliphatic hydroxyl groups is 1. The highest BCUT2D eigenvalue weighted by Crippen LogP contribution is 2.35. The summed E-state index contributed by atoms with van der Waals surface area (Å²) in [5, 5.41) is 13.2. The highest BCUT2D eigenvalue weighted by atomic mass is 16.3. The lowest BCUT2D eigenvalue weighted by Gasteiger charge is -2.37. The van der Waals surface area contributed by atoms with Crippen molar-refractivity contribution in [2.75, 3.05) is 6.61 Å². The predicted molar refractivity (Wildman–Crippen MR) is 75.4 cm³/mol. The van der Waals surface area contributed by atoms with Gasteiger partial charge < -0.3 is 10.4 Å². The molecule has 18 heavy (non-hydrogen) atoms. The van der Waals surface area contributed by atoms with Gasteiger partial charge in [0.25, 0.3) is 0 Å². The molecule has 2 nitrogen and oxygen atoms in total. The summed E-state index contributed by atoms with van der Waals surface area (Å²) in [6.45, 7) is 4.86. The summed E-state index contributed by atoms with van der Waals surface area (Å²) in [4.78, 5) is 0. The SMILES string of the molecule is CC1(C)CCCC(N[C@H](CO)c2ccccc2)C1. The lowest BCUT2D eigenvalue weighted by molar-refractivity contribution is 0.166. The Balaban J connectivity index is 1.98. The highest BCUT2D eigenvalue weighted by molar-refractivity contribution is 5.19. The molecule has 1 fully saturated rings. The van der Waals surface area contributed by atoms with Crippen molar-refractivity contribution in [3.05, 3.63) is 35.9 Å². The molecule has 2 heteroatoms. The third-order valence-corrected chi connectivity index (χ3v) is 4.03. The van der Waals surface area contributed by atoms with E-state index in [1.807, 2.05) is 18.2 Å². The molecule has 0 amide bonds. The Morgan fingerprint density at radius 2 is 2.06 bits per heavy atom. The topological polar surface area (TPSA) is 32.3 Å². The first-order valence-electron chi connectivity index (χ1n) is 7.02. The Hall–Kier alpha value is -0.860. The quantitative estimate of drug-likeness (QED) is 0.856. The molecular weight excluding hydrogens is 222 g/mol. The largest absolute Gasteiger partial charge is 0.394 e. The van der Waals surface area contributed by atoms with Crippen LogP contribution < -0.4 is 5.32 Å². The minimum atomic E-state index is 0.0742. The van der Waals surface area contributed by atoms with Crippen molar-refractivity contribution in [1.29, 1.82) is 0 Å². The lowest BCUT2D eigenvalue weighted by Crippen LogP contribution is -2.40. The Labute approximate surface area is 110 Å². The summed E-state index contributed by atoms with van der Waals surface area (Å²) in [6, 6.07) is 10.9. The Kier molecular flexibility index (Phi) is 4.41. The van der Waals surface area contributed by atoms with Gasteiger partial charge in [0.1, 0.15) is 0 Å². The Morgan fingerprint density at radius 1 is 1.33 bits per heavy atom. The zero-order valence-electron chi connectivity index (χ0n) is 11.5. The maximum absolute atomic E-state index is 9.58. The van der Waals surface area contributed by atoms with Crippen LogP contribution in [0.5, 0.6) is 0 Å². The van der Waals surface area contributed by atoms with E-state index in [0.717, 1.165) is 0 Å². The molecule has 0 radical (unpaired) electrons. The van der Waals surface area contributed by atoms with Crippen LogP contribution in [0.15, 0.2) is 30.3 Å². The number of hydrogen-bond acceptors (Lipinski definition) is 2. The van der Waals surface area contributed by atoms with Gasteiger partial charge in [-0.05, 0) is 30.2 Å². The van der Waals surface area contributed by atoms with Crippen molar-refractivity contribution in [3.63, 3.8) is 0 Å². The van der Waals surface area contributed by atoms with E-state index in [1.165, 1.54) is 31.2 Å².